The molecule has 4 nitrogen and oxygen atoms in total. The molecule has 428 valence electrons. The molecule has 4 heteroatoms. The van der Waals surface area contributed by atoms with E-state index in [1.54, 1.807) is 0 Å². The summed E-state index contributed by atoms with van der Waals surface area (Å²) in [5.41, 5.74) is 19.4. The molecule has 0 saturated carbocycles. The number of rotatable bonds is 6. The first kappa shape index (κ1) is 51.8. The van der Waals surface area contributed by atoms with Crippen molar-refractivity contribution in [3.05, 3.63) is 340 Å². The van der Waals surface area contributed by atoms with Crippen molar-refractivity contribution in [2.45, 2.75) is 0 Å². The van der Waals surface area contributed by atoms with Gasteiger partial charge in [-0.2, -0.15) is 0 Å². The monoisotopic (exact) mass is 1170 g/mol. The van der Waals surface area contributed by atoms with Gasteiger partial charge < -0.3 is 18.3 Å². The lowest BCUT2D eigenvalue weighted by molar-refractivity contribution is 1.18. The minimum absolute atomic E-state index is 1.18. The van der Waals surface area contributed by atoms with Crippen molar-refractivity contribution in [1.29, 1.82) is 0 Å². The Morgan fingerprint density at radius 2 is 0.402 bits per heavy atom. The second-order valence-corrected chi connectivity index (χ2v) is 24.4. The summed E-state index contributed by atoms with van der Waals surface area (Å²) in [6.45, 7) is 0. The highest BCUT2D eigenvalue weighted by Gasteiger charge is 2.20. The van der Waals surface area contributed by atoms with Crippen LogP contribution in [0.25, 0.3) is 175 Å². The van der Waals surface area contributed by atoms with Crippen molar-refractivity contribution in [3.8, 4) is 45.0 Å². The third-order valence-electron chi connectivity index (χ3n) is 19.4. The fraction of sp³-hybridized carbons (Fsp3) is 0. The first-order valence-electron chi connectivity index (χ1n) is 31.7. The van der Waals surface area contributed by atoms with Crippen LogP contribution in [0, 0.1) is 0 Å². The largest absolute Gasteiger partial charge is 0.309 e. The summed E-state index contributed by atoms with van der Waals surface area (Å²) in [5, 5.41) is 20.1. The minimum Gasteiger partial charge on any atom is -0.309 e. The van der Waals surface area contributed by atoms with E-state index in [0.717, 1.165) is 0 Å². The number of benzene rings is 16. The average Bonchev–Trinajstić information content (AvgIpc) is 1.86. The van der Waals surface area contributed by atoms with E-state index in [4.69, 9.17) is 0 Å². The fourth-order valence-corrected chi connectivity index (χ4v) is 15.1. The third-order valence-corrected chi connectivity index (χ3v) is 19.4. The summed E-state index contributed by atoms with van der Waals surface area (Å²) < 4.78 is 9.66. The molecule has 92 heavy (non-hydrogen) atoms. The molecule has 16 aromatic carbocycles. The summed E-state index contributed by atoms with van der Waals surface area (Å²) in [6, 6.07) is 124. The molecule has 0 unspecified atom stereocenters. The van der Waals surface area contributed by atoms with E-state index in [2.05, 4.69) is 358 Å². The van der Waals surface area contributed by atoms with E-state index in [1.807, 2.05) is 0 Å². The Hall–Kier alpha value is -12.2. The lowest BCUT2D eigenvalue weighted by Crippen LogP contribution is -1.95. The molecule has 4 heterocycles. The zero-order chi connectivity index (χ0) is 60.4. The molecule has 20 aromatic rings. The van der Waals surface area contributed by atoms with Crippen molar-refractivity contribution >= 4 is 130 Å². The molecule has 0 fully saturated rings. The van der Waals surface area contributed by atoms with Crippen LogP contribution in [0.1, 0.15) is 0 Å². The number of para-hydroxylation sites is 4. The van der Waals surface area contributed by atoms with Gasteiger partial charge in [-0.05, 0) is 164 Å². The van der Waals surface area contributed by atoms with Crippen molar-refractivity contribution in [3.63, 3.8) is 0 Å². The summed E-state index contributed by atoms with van der Waals surface area (Å²) in [7, 11) is 0. The highest BCUT2D eigenvalue weighted by Crippen LogP contribution is 2.43. The zero-order valence-electron chi connectivity index (χ0n) is 50.1. The lowest BCUT2D eigenvalue weighted by Gasteiger charge is -2.12. The Balaban J connectivity index is 0.000000132. The fourth-order valence-electron chi connectivity index (χ4n) is 15.1. The molecule has 0 spiro atoms. The van der Waals surface area contributed by atoms with Gasteiger partial charge >= 0.3 is 0 Å². The van der Waals surface area contributed by atoms with Gasteiger partial charge in [-0.3, -0.25) is 0 Å². The van der Waals surface area contributed by atoms with Gasteiger partial charge in [-0.15, -0.1) is 0 Å². The van der Waals surface area contributed by atoms with E-state index in [-0.39, 0.29) is 0 Å². The summed E-state index contributed by atoms with van der Waals surface area (Å²) in [5.74, 6) is 0. The maximum absolute atomic E-state index is 2.43. The van der Waals surface area contributed by atoms with Crippen molar-refractivity contribution in [2.24, 2.45) is 0 Å². The molecule has 0 amide bonds. The van der Waals surface area contributed by atoms with Crippen molar-refractivity contribution in [1.82, 2.24) is 18.3 Å². The molecule has 0 bridgehead atoms. The summed E-state index contributed by atoms with van der Waals surface area (Å²) in [6.07, 6.45) is 0. The van der Waals surface area contributed by atoms with Crippen molar-refractivity contribution < 1.29 is 0 Å². The second kappa shape index (κ2) is 20.7. The van der Waals surface area contributed by atoms with Crippen LogP contribution in [-0.4, -0.2) is 18.3 Å². The predicted molar refractivity (Wildman–Crippen MR) is 391 cm³/mol. The zero-order valence-corrected chi connectivity index (χ0v) is 50.1. The van der Waals surface area contributed by atoms with Gasteiger partial charge in [-0.25, -0.2) is 0 Å². The molecular weight excluding hydrogens is 1110 g/mol. The molecular formula is C88H56N4. The number of nitrogens with zero attached hydrogens (tertiary/aromatic N) is 4. The molecule has 0 saturated heterocycles. The Labute approximate surface area is 530 Å². The standard InChI is InChI=1S/2C44H28N2/c1-3-15-33-29(11-1)13-9-21-39(33)45-41-19-7-5-17-35(41)37-27-31(23-25-43(37)45)32-24-26-44-38(28-32)36-18-6-8-20-42(36)46(44)40-22-10-14-30-12-2-4-16-34(30)40;1-3-11-31-25-35(21-17-29(31)9-1)45-41-15-7-5-13-37(41)39-27-33(19-23-43(39)45)34-20-24-44-40(28-34)38-14-6-8-16-42(38)46(44)36-22-18-30-10-2-4-12-32(30)26-36/h2*1-28H. The van der Waals surface area contributed by atoms with Crippen LogP contribution in [0.15, 0.2) is 340 Å². The predicted octanol–water partition coefficient (Wildman–Crippen LogP) is 23.7. The molecule has 0 radical (unpaired) electrons. The number of hydrogen-bond donors (Lipinski definition) is 0. The van der Waals surface area contributed by atoms with E-state index in [0.29, 0.717) is 0 Å². The van der Waals surface area contributed by atoms with Gasteiger partial charge in [0, 0.05) is 65.2 Å². The molecule has 0 aliphatic rings. The molecule has 0 atom stereocenters. The SMILES string of the molecule is c1ccc2c(-n3c4ccccc4c4cc(-c5ccc6c(c5)c5ccccc5n6-c5cccc6ccccc56)ccc43)cccc2c1.c1ccc2cc(-n3c4ccccc4c4cc(-c5ccc6c(c5)c5ccccc5n6-c5ccc6ccccc6c5)ccc43)ccc2c1. The van der Waals surface area contributed by atoms with E-state index < -0.39 is 0 Å². The van der Waals surface area contributed by atoms with Crippen LogP contribution in [-0.2, 0) is 0 Å². The molecule has 20 rings (SSSR count). The van der Waals surface area contributed by atoms with Gasteiger partial charge in [0.15, 0.2) is 0 Å². The second-order valence-electron chi connectivity index (χ2n) is 24.4. The molecule has 0 aliphatic carbocycles. The van der Waals surface area contributed by atoms with Crippen LogP contribution in [0.4, 0.5) is 0 Å². The molecule has 0 aliphatic heterocycles. The Morgan fingerprint density at radius 1 is 0.141 bits per heavy atom. The van der Waals surface area contributed by atoms with Crippen LogP contribution in [0.2, 0.25) is 0 Å². The van der Waals surface area contributed by atoms with Gasteiger partial charge in [-0.1, -0.05) is 231 Å². The minimum atomic E-state index is 1.18. The Morgan fingerprint density at radius 3 is 0.761 bits per heavy atom. The van der Waals surface area contributed by atoms with Gasteiger partial charge in [0.25, 0.3) is 0 Å². The van der Waals surface area contributed by atoms with Gasteiger partial charge in [0.05, 0.1) is 55.5 Å². The van der Waals surface area contributed by atoms with E-state index in [9.17, 15) is 0 Å². The van der Waals surface area contributed by atoms with Gasteiger partial charge in [0.1, 0.15) is 0 Å². The Kier molecular flexibility index (Phi) is 11.6. The first-order valence-corrected chi connectivity index (χ1v) is 31.7. The van der Waals surface area contributed by atoms with Crippen molar-refractivity contribution in [2.75, 3.05) is 0 Å². The van der Waals surface area contributed by atoms with Gasteiger partial charge in [0.2, 0.25) is 0 Å². The molecule has 4 aromatic heterocycles. The van der Waals surface area contributed by atoms with Crippen LogP contribution < -0.4 is 0 Å². The van der Waals surface area contributed by atoms with Crippen LogP contribution in [0.5, 0.6) is 0 Å². The quantitative estimate of drug-likeness (QED) is 0.158. The Bertz CT molecular complexity index is 6000. The number of hydrogen-bond acceptors (Lipinski definition) is 0. The van der Waals surface area contributed by atoms with Crippen LogP contribution >= 0.6 is 0 Å². The number of aromatic nitrogens is 4. The smallest absolute Gasteiger partial charge is 0.0541 e. The summed E-state index contributed by atoms with van der Waals surface area (Å²) in [4.78, 5) is 0. The topological polar surface area (TPSA) is 19.7 Å². The van der Waals surface area contributed by atoms with E-state index in [1.165, 1.54) is 175 Å². The normalized spacial score (nSPS) is 11.9. The lowest BCUT2D eigenvalue weighted by atomic mass is 10.0. The first-order chi connectivity index (χ1) is 45.6. The number of fused-ring (bicyclic) bond motifs is 16. The maximum atomic E-state index is 2.43. The third kappa shape index (κ3) is 8.10. The average molecular weight is 1170 g/mol. The summed E-state index contributed by atoms with van der Waals surface area (Å²) >= 11 is 0. The van der Waals surface area contributed by atoms with E-state index >= 15 is 0 Å². The maximum Gasteiger partial charge on any atom is 0.0541 e. The van der Waals surface area contributed by atoms with Crippen LogP contribution in [0.3, 0.4) is 0 Å². The highest BCUT2D eigenvalue weighted by molar-refractivity contribution is 6.16. The highest BCUT2D eigenvalue weighted by atomic mass is 15.0. The molecule has 0 N–H and O–H groups in total.